The van der Waals surface area contributed by atoms with Crippen molar-refractivity contribution < 1.29 is 9.53 Å². The van der Waals surface area contributed by atoms with Crippen LogP contribution in [0.5, 0.6) is 11.5 Å². The SMILES string of the molecule is Cc1[nH]c(-c2ccccc2Oc2ccccc2)c2c1C(=O)CC(C(C)C)C2. The van der Waals surface area contributed by atoms with Gasteiger partial charge in [-0.05, 0) is 55.0 Å². The molecule has 0 amide bonds. The first-order valence-corrected chi connectivity index (χ1v) is 9.61. The lowest BCUT2D eigenvalue weighted by Crippen LogP contribution is -2.23. The minimum absolute atomic E-state index is 0.261. The molecule has 3 aromatic rings. The number of ether oxygens (including phenoxy) is 1. The first kappa shape index (κ1) is 17.6. The molecule has 0 fully saturated rings. The summed E-state index contributed by atoms with van der Waals surface area (Å²) in [5.74, 6) is 2.74. The number of benzene rings is 2. The molecule has 0 radical (unpaired) electrons. The third-order valence-corrected chi connectivity index (χ3v) is 5.55. The summed E-state index contributed by atoms with van der Waals surface area (Å²) in [5, 5.41) is 0. The molecule has 0 aliphatic heterocycles. The maximum atomic E-state index is 12.8. The minimum atomic E-state index is 0.261. The van der Waals surface area contributed by atoms with E-state index in [1.54, 1.807) is 0 Å². The van der Waals surface area contributed by atoms with Crippen LogP contribution < -0.4 is 4.74 Å². The molecule has 1 N–H and O–H groups in total. The van der Waals surface area contributed by atoms with E-state index in [9.17, 15) is 4.79 Å². The van der Waals surface area contributed by atoms with E-state index in [2.05, 4.69) is 24.9 Å². The van der Waals surface area contributed by atoms with E-state index in [-0.39, 0.29) is 5.78 Å². The van der Waals surface area contributed by atoms with Crippen molar-refractivity contribution in [3.05, 3.63) is 71.4 Å². The number of hydrogen-bond donors (Lipinski definition) is 1. The van der Waals surface area contributed by atoms with Crippen molar-refractivity contribution in [1.29, 1.82) is 0 Å². The van der Waals surface area contributed by atoms with E-state index < -0.39 is 0 Å². The molecule has 0 spiro atoms. The summed E-state index contributed by atoms with van der Waals surface area (Å²) in [6.07, 6.45) is 1.57. The number of carbonyl (C=O) groups excluding carboxylic acids is 1. The van der Waals surface area contributed by atoms with Crippen LogP contribution in [0.2, 0.25) is 0 Å². The number of aryl methyl sites for hydroxylation is 1. The third kappa shape index (κ3) is 3.30. The predicted molar refractivity (Wildman–Crippen MR) is 108 cm³/mol. The molecule has 2 aromatic carbocycles. The van der Waals surface area contributed by atoms with Gasteiger partial charge in [-0.15, -0.1) is 0 Å². The maximum absolute atomic E-state index is 12.8. The Labute approximate surface area is 160 Å². The number of rotatable bonds is 4. The molecule has 1 aliphatic rings. The quantitative estimate of drug-likeness (QED) is 0.604. The molecule has 1 unspecified atom stereocenters. The van der Waals surface area contributed by atoms with Crippen LogP contribution in [-0.4, -0.2) is 10.8 Å². The van der Waals surface area contributed by atoms with Crippen molar-refractivity contribution in [3.63, 3.8) is 0 Å². The second-order valence-electron chi connectivity index (χ2n) is 7.73. The van der Waals surface area contributed by atoms with Crippen LogP contribution in [0.4, 0.5) is 0 Å². The lowest BCUT2D eigenvalue weighted by Gasteiger charge is -2.26. The first-order chi connectivity index (χ1) is 13.0. The van der Waals surface area contributed by atoms with Gasteiger partial charge >= 0.3 is 0 Å². The molecule has 27 heavy (non-hydrogen) atoms. The fourth-order valence-corrected chi connectivity index (χ4v) is 4.01. The molecule has 1 heterocycles. The number of aromatic nitrogens is 1. The van der Waals surface area contributed by atoms with Gasteiger partial charge in [0, 0.05) is 23.2 Å². The standard InChI is InChI=1S/C24H25NO2/c1-15(2)17-13-20-23(21(26)14-17)16(3)25-24(20)19-11-7-8-12-22(19)27-18-9-5-4-6-10-18/h4-12,15,17,25H,13-14H2,1-3H3. The zero-order valence-corrected chi connectivity index (χ0v) is 16.1. The zero-order valence-electron chi connectivity index (χ0n) is 16.1. The Balaban J connectivity index is 1.80. The summed E-state index contributed by atoms with van der Waals surface area (Å²) in [4.78, 5) is 16.3. The van der Waals surface area contributed by atoms with Crippen LogP contribution in [0.1, 0.15) is 41.9 Å². The number of H-pyrrole nitrogens is 1. The van der Waals surface area contributed by atoms with Gasteiger partial charge in [0.25, 0.3) is 0 Å². The van der Waals surface area contributed by atoms with Crippen LogP contribution in [0.25, 0.3) is 11.3 Å². The fourth-order valence-electron chi connectivity index (χ4n) is 4.01. The summed E-state index contributed by atoms with van der Waals surface area (Å²) < 4.78 is 6.16. The van der Waals surface area contributed by atoms with Gasteiger partial charge in [-0.25, -0.2) is 0 Å². The molecular weight excluding hydrogens is 334 g/mol. The molecule has 3 nitrogen and oxygen atoms in total. The van der Waals surface area contributed by atoms with Crippen LogP contribution in [0, 0.1) is 18.8 Å². The van der Waals surface area contributed by atoms with Gasteiger partial charge in [0.2, 0.25) is 0 Å². The maximum Gasteiger partial charge on any atom is 0.165 e. The van der Waals surface area contributed by atoms with Crippen LogP contribution in [0.15, 0.2) is 54.6 Å². The Morgan fingerprint density at radius 3 is 2.44 bits per heavy atom. The second kappa shape index (κ2) is 7.07. The molecule has 1 atom stereocenters. The molecule has 1 aromatic heterocycles. The zero-order chi connectivity index (χ0) is 19.0. The highest BCUT2D eigenvalue weighted by molar-refractivity contribution is 6.02. The van der Waals surface area contributed by atoms with Crippen LogP contribution in [-0.2, 0) is 6.42 Å². The summed E-state index contributed by atoms with van der Waals surface area (Å²) in [6.45, 7) is 6.40. The average Bonchev–Trinajstić information content (AvgIpc) is 3.00. The van der Waals surface area contributed by atoms with E-state index in [4.69, 9.17) is 4.74 Å². The molecule has 0 saturated heterocycles. The van der Waals surface area contributed by atoms with Gasteiger partial charge in [-0.2, -0.15) is 0 Å². The Morgan fingerprint density at radius 1 is 1.00 bits per heavy atom. The average molecular weight is 359 g/mol. The van der Waals surface area contributed by atoms with E-state index >= 15 is 0 Å². The van der Waals surface area contributed by atoms with Crippen LogP contribution >= 0.6 is 0 Å². The molecule has 1 aliphatic carbocycles. The van der Waals surface area contributed by atoms with E-state index in [1.165, 1.54) is 0 Å². The number of aromatic amines is 1. The van der Waals surface area contributed by atoms with Crippen molar-refractivity contribution in [2.45, 2.75) is 33.6 Å². The normalized spacial score (nSPS) is 16.4. The second-order valence-corrected chi connectivity index (χ2v) is 7.73. The molecule has 0 bridgehead atoms. The van der Waals surface area contributed by atoms with E-state index in [0.29, 0.717) is 18.3 Å². The Bertz CT molecular complexity index is 969. The predicted octanol–water partition coefficient (Wildman–Crippen LogP) is 6.18. The van der Waals surface area contributed by atoms with Crippen molar-refractivity contribution in [2.75, 3.05) is 0 Å². The van der Waals surface area contributed by atoms with Gasteiger partial charge in [-0.1, -0.05) is 44.2 Å². The number of fused-ring (bicyclic) bond motifs is 1. The highest BCUT2D eigenvalue weighted by Crippen LogP contribution is 2.41. The molecule has 4 rings (SSSR count). The number of ketones is 1. The summed E-state index contributed by atoms with van der Waals surface area (Å²) in [6, 6.07) is 17.8. The van der Waals surface area contributed by atoms with Crippen molar-refractivity contribution in [3.8, 4) is 22.8 Å². The minimum Gasteiger partial charge on any atom is -0.457 e. The van der Waals surface area contributed by atoms with Gasteiger partial charge < -0.3 is 9.72 Å². The van der Waals surface area contributed by atoms with Crippen molar-refractivity contribution >= 4 is 5.78 Å². The highest BCUT2D eigenvalue weighted by atomic mass is 16.5. The summed E-state index contributed by atoms with van der Waals surface area (Å²) in [7, 11) is 0. The van der Waals surface area contributed by atoms with Gasteiger partial charge in [-0.3, -0.25) is 4.79 Å². The lowest BCUT2D eigenvalue weighted by atomic mass is 9.77. The van der Waals surface area contributed by atoms with Crippen LogP contribution in [0.3, 0.4) is 0 Å². The number of Topliss-reactive ketones (excluding diaryl/α,β-unsaturated/α-hetero) is 1. The Morgan fingerprint density at radius 2 is 1.70 bits per heavy atom. The Kier molecular flexibility index (Phi) is 4.61. The van der Waals surface area contributed by atoms with E-state index in [1.807, 2.05) is 55.5 Å². The van der Waals surface area contributed by atoms with Gasteiger partial charge in [0.15, 0.2) is 5.78 Å². The third-order valence-electron chi connectivity index (χ3n) is 5.55. The van der Waals surface area contributed by atoms with Crippen molar-refractivity contribution in [2.24, 2.45) is 11.8 Å². The summed E-state index contributed by atoms with van der Waals surface area (Å²) >= 11 is 0. The molecule has 0 saturated carbocycles. The molecular formula is C24H25NO2. The van der Waals surface area contributed by atoms with Gasteiger partial charge in [0.1, 0.15) is 11.5 Å². The smallest absolute Gasteiger partial charge is 0.165 e. The lowest BCUT2D eigenvalue weighted by molar-refractivity contribution is 0.0933. The molecule has 3 heteroatoms. The first-order valence-electron chi connectivity index (χ1n) is 9.61. The number of para-hydroxylation sites is 2. The fraction of sp³-hybridized carbons (Fsp3) is 0.292. The topological polar surface area (TPSA) is 42.1 Å². The number of hydrogen-bond acceptors (Lipinski definition) is 2. The molecule has 138 valence electrons. The van der Waals surface area contributed by atoms with E-state index in [0.717, 1.165) is 46.0 Å². The largest absolute Gasteiger partial charge is 0.457 e. The highest BCUT2D eigenvalue weighted by Gasteiger charge is 2.32. The number of nitrogens with one attached hydrogen (secondary N) is 1. The van der Waals surface area contributed by atoms with Gasteiger partial charge in [0.05, 0.1) is 5.69 Å². The Hall–Kier alpha value is -2.81. The monoisotopic (exact) mass is 359 g/mol. The van der Waals surface area contributed by atoms with Crippen molar-refractivity contribution in [1.82, 2.24) is 4.98 Å². The summed E-state index contributed by atoms with van der Waals surface area (Å²) in [5.41, 5.74) is 5.01. The number of carbonyl (C=O) groups is 1.